The van der Waals surface area contributed by atoms with Crippen molar-refractivity contribution in [1.29, 1.82) is 0 Å². The van der Waals surface area contributed by atoms with Gasteiger partial charge in [0.25, 0.3) is 0 Å². The summed E-state index contributed by atoms with van der Waals surface area (Å²) in [7, 11) is 0. The molecule has 0 spiro atoms. The van der Waals surface area contributed by atoms with Crippen LogP contribution < -0.4 is 0 Å². The number of hydrogen-bond donors (Lipinski definition) is 0. The van der Waals surface area contributed by atoms with Crippen LogP contribution in [-0.2, 0) is 6.42 Å². The smallest absolute Gasteiger partial charge is 0.212 e. The predicted octanol–water partition coefficient (Wildman–Crippen LogP) is 4.67. The Balaban J connectivity index is 2.31. The van der Waals surface area contributed by atoms with E-state index in [0.29, 0.717) is 0 Å². The van der Waals surface area contributed by atoms with Crippen LogP contribution >= 0.6 is 38.6 Å². The number of carbonyl (C=O) groups excluding carboxylic acids is 1. The average Bonchev–Trinajstić information content (AvgIpc) is 2.86. The first kappa shape index (κ1) is 12.0. The minimum absolute atomic E-state index is 0.142. The van der Waals surface area contributed by atoms with Gasteiger partial charge in [-0.05, 0) is 47.5 Å². The summed E-state index contributed by atoms with van der Waals surface area (Å²) in [4.78, 5) is 16.2. The maximum absolute atomic E-state index is 12.1. The molecule has 0 unspecified atom stereocenters. The molecular formula is C12H11BrOS2. The molecule has 0 N–H and O–H groups in total. The van der Waals surface area contributed by atoms with E-state index in [9.17, 15) is 4.79 Å². The Kier molecular flexibility index (Phi) is 3.62. The van der Waals surface area contributed by atoms with Crippen molar-refractivity contribution < 1.29 is 4.79 Å². The van der Waals surface area contributed by atoms with Crippen LogP contribution in [0.5, 0.6) is 0 Å². The molecule has 0 saturated heterocycles. The Hall–Kier alpha value is -0.450. The molecule has 84 valence electrons. The molecule has 0 radical (unpaired) electrons. The minimum Gasteiger partial charge on any atom is -0.287 e. The number of hydrogen-bond acceptors (Lipinski definition) is 3. The van der Waals surface area contributed by atoms with Gasteiger partial charge in [-0.1, -0.05) is 6.92 Å². The van der Waals surface area contributed by atoms with Crippen LogP contribution in [0.2, 0.25) is 0 Å². The molecule has 1 nitrogen and oxygen atoms in total. The number of thiophene rings is 2. The van der Waals surface area contributed by atoms with Gasteiger partial charge in [-0.25, -0.2) is 0 Å². The third kappa shape index (κ3) is 2.29. The van der Waals surface area contributed by atoms with Crippen molar-refractivity contribution in [1.82, 2.24) is 0 Å². The highest BCUT2D eigenvalue weighted by Gasteiger charge is 2.15. The SMILES string of the molecule is CCc1ccc(C(=O)c2cc(Br)c(C)s2)s1. The molecule has 2 aromatic heterocycles. The number of ketones is 1. The lowest BCUT2D eigenvalue weighted by Crippen LogP contribution is -1.93. The van der Waals surface area contributed by atoms with E-state index in [4.69, 9.17) is 0 Å². The lowest BCUT2D eigenvalue weighted by atomic mass is 10.2. The summed E-state index contributed by atoms with van der Waals surface area (Å²) < 4.78 is 1.02. The number of carbonyl (C=O) groups is 1. The van der Waals surface area contributed by atoms with Crippen LogP contribution in [0.3, 0.4) is 0 Å². The van der Waals surface area contributed by atoms with Gasteiger partial charge in [0.1, 0.15) is 0 Å². The molecule has 2 aromatic rings. The van der Waals surface area contributed by atoms with Crippen molar-refractivity contribution in [3.05, 3.63) is 42.2 Å². The highest BCUT2D eigenvalue weighted by Crippen LogP contribution is 2.29. The van der Waals surface area contributed by atoms with E-state index in [-0.39, 0.29) is 5.78 Å². The Bertz CT molecular complexity index is 505. The predicted molar refractivity (Wildman–Crippen MR) is 73.9 cm³/mol. The third-order valence-corrected chi connectivity index (χ3v) is 5.68. The van der Waals surface area contributed by atoms with Gasteiger partial charge >= 0.3 is 0 Å². The Labute approximate surface area is 111 Å². The molecule has 2 heterocycles. The highest BCUT2D eigenvalue weighted by atomic mass is 79.9. The zero-order valence-electron chi connectivity index (χ0n) is 9.04. The van der Waals surface area contributed by atoms with E-state index < -0.39 is 0 Å². The molecule has 0 aliphatic rings. The summed E-state index contributed by atoms with van der Waals surface area (Å²) in [6.45, 7) is 4.11. The maximum atomic E-state index is 12.1. The summed E-state index contributed by atoms with van der Waals surface area (Å²) >= 11 is 6.57. The molecule has 2 rings (SSSR count). The van der Waals surface area contributed by atoms with E-state index >= 15 is 0 Å². The number of aryl methyl sites for hydroxylation is 2. The summed E-state index contributed by atoms with van der Waals surface area (Å²) in [5, 5.41) is 0. The lowest BCUT2D eigenvalue weighted by molar-refractivity contribution is 0.104. The molecule has 0 fully saturated rings. The van der Waals surface area contributed by atoms with Crippen LogP contribution in [0.1, 0.15) is 31.2 Å². The zero-order valence-corrected chi connectivity index (χ0v) is 12.3. The van der Waals surface area contributed by atoms with Crippen LogP contribution in [0.4, 0.5) is 0 Å². The second-order valence-corrected chi connectivity index (χ2v) is 6.74. The second-order valence-electron chi connectivity index (χ2n) is 3.46. The standard InChI is InChI=1S/C12H11BrOS2/c1-3-8-4-5-10(16-8)12(14)11-6-9(13)7(2)15-11/h4-6H,3H2,1-2H3. The Morgan fingerprint density at radius 1 is 1.31 bits per heavy atom. The highest BCUT2D eigenvalue weighted by molar-refractivity contribution is 9.10. The lowest BCUT2D eigenvalue weighted by Gasteiger charge is -1.91. The fraction of sp³-hybridized carbons (Fsp3) is 0.250. The van der Waals surface area contributed by atoms with E-state index in [1.54, 1.807) is 22.7 Å². The first-order valence-electron chi connectivity index (χ1n) is 5.01. The summed E-state index contributed by atoms with van der Waals surface area (Å²) in [5.74, 6) is 0.142. The minimum atomic E-state index is 0.142. The van der Waals surface area contributed by atoms with Crippen LogP contribution in [-0.4, -0.2) is 5.78 Å². The molecule has 0 aliphatic carbocycles. The molecule has 16 heavy (non-hydrogen) atoms. The van der Waals surface area contributed by atoms with Gasteiger partial charge in [0.2, 0.25) is 5.78 Å². The van der Waals surface area contributed by atoms with Crippen molar-refractivity contribution >= 4 is 44.4 Å². The molecule has 0 atom stereocenters. The molecule has 0 saturated carbocycles. The van der Waals surface area contributed by atoms with Crippen molar-refractivity contribution in [3.63, 3.8) is 0 Å². The van der Waals surface area contributed by atoms with E-state index in [1.165, 1.54) is 4.88 Å². The number of halogens is 1. The van der Waals surface area contributed by atoms with Gasteiger partial charge in [0, 0.05) is 14.2 Å². The molecule has 0 amide bonds. The monoisotopic (exact) mass is 314 g/mol. The molecule has 0 aliphatic heterocycles. The van der Waals surface area contributed by atoms with Crippen LogP contribution in [0.25, 0.3) is 0 Å². The van der Waals surface area contributed by atoms with Crippen molar-refractivity contribution in [2.24, 2.45) is 0 Å². The first-order chi connectivity index (χ1) is 7.61. The maximum Gasteiger partial charge on any atom is 0.212 e. The Morgan fingerprint density at radius 2 is 2.06 bits per heavy atom. The third-order valence-electron chi connectivity index (χ3n) is 2.31. The zero-order chi connectivity index (χ0) is 11.7. The van der Waals surface area contributed by atoms with Crippen molar-refractivity contribution in [2.75, 3.05) is 0 Å². The van der Waals surface area contributed by atoms with Gasteiger partial charge in [-0.15, -0.1) is 22.7 Å². The summed E-state index contributed by atoms with van der Waals surface area (Å²) in [5.41, 5.74) is 0. The topological polar surface area (TPSA) is 17.1 Å². The quantitative estimate of drug-likeness (QED) is 0.752. The molecule has 0 aromatic carbocycles. The largest absolute Gasteiger partial charge is 0.287 e. The Morgan fingerprint density at radius 3 is 2.56 bits per heavy atom. The van der Waals surface area contributed by atoms with E-state index in [0.717, 1.165) is 25.5 Å². The van der Waals surface area contributed by atoms with Crippen molar-refractivity contribution in [3.8, 4) is 0 Å². The fourth-order valence-electron chi connectivity index (χ4n) is 1.38. The van der Waals surface area contributed by atoms with Crippen LogP contribution in [0.15, 0.2) is 22.7 Å². The van der Waals surface area contributed by atoms with Gasteiger partial charge < -0.3 is 0 Å². The fourth-order valence-corrected chi connectivity index (χ4v) is 3.84. The molecule has 4 heteroatoms. The molecule has 0 bridgehead atoms. The summed E-state index contributed by atoms with van der Waals surface area (Å²) in [6, 6.07) is 5.87. The molecular weight excluding hydrogens is 304 g/mol. The van der Waals surface area contributed by atoms with Crippen LogP contribution in [0, 0.1) is 6.92 Å². The van der Waals surface area contributed by atoms with Gasteiger partial charge in [0.15, 0.2) is 0 Å². The van der Waals surface area contributed by atoms with E-state index in [2.05, 4.69) is 22.9 Å². The van der Waals surface area contributed by atoms with E-state index in [1.807, 2.05) is 25.1 Å². The van der Waals surface area contributed by atoms with Gasteiger partial charge in [0.05, 0.1) is 9.75 Å². The second kappa shape index (κ2) is 4.82. The van der Waals surface area contributed by atoms with Gasteiger partial charge in [-0.3, -0.25) is 4.79 Å². The normalized spacial score (nSPS) is 10.7. The van der Waals surface area contributed by atoms with Gasteiger partial charge in [-0.2, -0.15) is 0 Å². The average molecular weight is 315 g/mol. The number of rotatable bonds is 3. The summed E-state index contributed by atoms with van der Waals surface area (Å²) in [6.07, 6.45) is 0.991. The van der Waals surface area contributed by atoms with Crippen molar-refractivity contribution in [2.45, 2.75) is 20.3 Å². The first-order valence-corrected chi connectivity index (χ1v) is 7.43.